The highest BCUT2D eigenvalue weighted by Gasteiger charge is 2.23. The second-order valence-corrected chi connectivity index (χ2v) is 3.11. The topological polar surface area (TPSA) is 38.9 Å². The Hall–Kier alpha value is -0.860. The third-order valence-electron chi connectivity index (χ3n) is 1.98. The number of aromatic nitrogens is 2. The maximum atomic E-state index is 4.98. The maximum absolute atomic E-state index is 4.98. The zero-order valence-electron chi connectivity index (χ0n) is 10.7. The van der Waals surface area contributed by atoms with Crippen LogP contribution in [-0.2, 0) is 12.8 Å². The van der Waals surface area contributed by atoms with Crippen LogP contribution in [0, 0.1) is 5.92 Å². The summed E-state index contributed by atoms with van der Waals surface area (Å²) in [6, 6.07) is 0. The van der Waals surface area contributed by atoms with Gasteiger partial charge in [-0.25, -0.2) is 0 Å². The fraction of sp³-hybridized carbons (Fsp3) is 0.833. The summed E-state index contributed by atoms with van der Waals surface area (Å²) in [5.74, 6) is 2.50. The van der Waals surface area contributed by atoms with Crippen LogP contribution in [0.1, 0.15) is 59.2 Å². The van der Waals surface area contributed by atoms with E-state index in [9.17, 15) is 0 Å². The molecule has 1 heterocycles. The van der Waals surface area contributed by atoms with Gasteiger partial charge in [0, 0.05) is 12.8 Å². The molecule has 0 spiro atoms. The summed E-state index contributed by atoms with van der Waals surface area (Å²) in [4.78, 5) is 4.23. The molecule has 0 bridgehead atoms. The van der Waals surface area contributed by atoms with Gasteiger partial charge in [0.15, 0.2) is 5.82 Å². The largest absolute Gasteiger partial charge is 0.339 e. The van der Waals surface area contributed by atoms with Crippen molar-refractivity contribution in [3.05, 3.63) is 11.7 Å². The molecule has 3 nitrogen and oxygen atoms in total. The first-order valence-corrected chi connectivity index (χ1v) is 6.20. The van der Waals surface area contributed by atoms with Crippen LogP contribution in [0.2, 0.25) is 0 Å². The summed E-state index contributed by atoms with van der Waals surface area (Å²) < 4.78 is 4.98. The van der Waals surface area contributed by atoms with Crippen LogP contribution in [0.4, 0.5) is 0 Å². The van der Waals surface area contributed by atoms with Gasteiger partial charge in [0.25, 0.3) is 0 Å². The first-order valence-electron chi connectivity index (χ1n) is 6.20. The molecule has 1 aromatic rings. The molecule has 0 aromatic carbocycles. The lowest BCUT2D eigenvalue weighted by Crippen LogP contribution is -1.89. The van der Waals surface area contributed by atoms with E-state index < -0.39 is 0 Å². The van der Waals surface area contributed by atoms with E-state index in [0.29, 0.717) is 0 Å². The Morgan fingerprint density at radius 1 is 1.20 bits per heavy atom. The van der Waals surface area contributed by atoms with Crippen molar-refractivity contribution in [3.63, 3.8) is 0 Å². The molecule has 0 saturated heterocycles. The van der Waals surface area contributed by atoms with Gasteiger partial charge >= 0.3 is 0 Å². The normalized spacial score (nSPS) is 13.4. The molecule has 1 aliphatic rings. The highest BCUT2D eigenvalue weighted by molar-refractivity contribution is 4.91. The van der Waals surface area contributed by atoms with Crippen LogP contribution < -0.4 is 0 Å². The molecule has 1 aliphatic carbocycles. The van der Waals surface area contributed by atoms with Crippen molar-refractivity contribution in [2.75, 3.05) is 0 Å². The Morgan fingerprint density at radius 2 is 1.80 bits per heavy atom. The molecule has 3 heteroatoms. The van der Waals surface area contributed by atoms with Gasteiger partial charge in [0.2, 0.25) is 5.89 Å². The number of aryl methyl sites for hydroxylation is 1. The van der Waals surface area contributed by atoms with E-state index in [4.69, 9.17) is 4.52 Å². The average Bonchev–Trinajstić information content (AvgIpc) is 3.01. The minimum Gasteiger partial charge on any atom is -0.339 e. The van der Waals surface area contributed by atoms with Crippen molar-refractivity contribution < 1.29 is 4.52 Å². The highest BCUT2D eigenvalue weighted by Crippen LogP contribution is 2.31. The Bertz CT molecular complexity index is 242. The van der Waals surface area contributed by atoms with Crippen LogP contribution in [-0.4, -0.2) is 10.1 Å². The van der Waals surface area contributed by atoms with Crippen molar-refractivity contribution in [3.8, 4) is 0 Å². The third kappa shape index (κ3) is 5.55. The van der Waals surface area contributed by atoms with Crippen LogP contribution in [0.5, 0.6) is 0 Å². The molecular weight excluding hydrogens is 188 g/mol. The molecule has 0 atom stereocenters. The van der Waals surface area contributed by atoms with E-state index in [0.717, 1.165) is 30.5 Å². The van der Waals surface area contributed by atoms with Crippen molar-refractivity contribution in [2.45, 2.75) is 60.3 Å². The first-order chi connectivity index (χ1) is 7.38. The second-order valence-electron chi connectivity index (χ2n) is 3.11. The van der Waals surface area contributed by atoms with E-state index in [-0.39, 0.29) is 0 Å². The predicted octanol–water partition coefficient (Wildman–Crippen LogP) is 3.64. The third-order valence-corrected chi connectivity index (χ3v) is 1.98. The molecule has 0 radical (unpaired) electrons. The summed E-state index contributed by atoms with van der Waals surface area (Å²) in [5.41, 5.74) is 0. The van der Waals surface area contributed by atoms with E-state index in [1.165, 1.54) is 12.8 Å². The van der Waals surface area contributed by atoms with E-state index in [1.54, 1.807) is 0 Å². The lowest BCUT2D eigenvalue weighted by atomic mass is 10.3. The van der Waals surface area contributed by atoms with Crippen LogP contribution in [0.25, 0.3) is 0 Å². The number of hydrogen-bond acceptors (Lipinski definition) is 3. The molecule has 0 aliphatic heterocycles. The Morgan fingerprint density at radius 3 is 2.20 bits per heavy atom. The quantitative estimate of drug-likeness (QED) is 0.768. The van der Waals surface area contributed by atoms with E-state index >= 15 is 0 Å². The number of nitrogens with zero attached hydrogens (tertiary/aromatic N) is 2. The molecule has 88 valence electrons. The first kappa shape index (κ1) is 14.1. The van der Waals surface area contributed by atoms with Gasteiger partial charge in [-0.05, 0) is 18.8 Å². The summed E-state index contributed by atoms with van der Waals surface area (Å²) in [6.07, 6.45) is 4.55. The molecule has 0 amide bonds. The lowest BCUT2D eigenvalue weighted by Gasteiger charge is -1.84. The summed E-state index contributed by atoms with van der Waals surface area (Å²) in [5, 5.41) is 3.88. The highest BCUT2D eigenvalue weighted by atomic mass is 16.5. The van der Waals surface area contributed by atoms with Crippen molar-refractivity contribution in [1.29, 1.82) is 0 Å². The molecule has 1 aromatic heterocycles. The molecule has 2 rings (SSSR count). The van der Waals surface area contributed by atoms with Crippen molar-refractivity contribution in [2.24, 2.45) is 5.92 Å². The number of hydrogen-bond donors (Lipinski definition) is 0. The van der Waals surface area contributed by atoms with Gasteiger partial charge in [0.05, 0.1) is 0 Å². The minimum absolute atomic E-state index is 0.764. The van der Waals surface area contributed by atoms with Crippen LogP contribution in [0.15, 0.2) is 4.52 Å². The van der Waals surface area contributed by atoms with Gasteiger partial charge in [-0.3, -0.25) is 0 Å². The Balaban J connectivity index is 0.000000442. The van der Waals surface area contributed by atoms with E-state index in [2.05, 4.69) is 10.1 Å². The lowest BCUT2D eigenvalue weighted by molar-refractivity contribution is 0.376. The molecule has 1 saturated carbocycles. The van der Waals surface area contributed by atoms with Gasteiger partial charge in [-0.1, -0.05) is 39.8 Å². The van der Waals surface area contributed by atoms with Crippen LogP contribution in [0.3, 0.4) is 0 Å². The number of rotatable bonds is 3. The van der Waals surface area contributed by atoms with E-state index in [1.807, 2.05) is 34.6 Å². The van der Waals surface area contributed by atoms with Gasteiger partial charge in [-0.2, -0.15) is 4.98 Å². The monoisotopic (exact) mass is 212 g/mol. The maximum Gasteiger partial charge on any atom is 0.226 e. The zero-order valence-corrected chi connectivity index (χ0v) is 10.7. The van der Waals surface area contributed by atoms with Crippen LogP contribution >= 0.6 is 0 Å². The molecule has 0 N–H and O–H groups in total. The molecule has 15 heavy (non-hydrogen) atoms. The summed E-state index contributed by atoms with van der Waals surface area (Å²) >= 11 is 0. The molecule has 0 unspecified atom stereocenters. The summed E-state index contributed by atoms with van der Waals surface area (Å²) in [7, 11) is 0. The van der Waals surface area contributed by atoms with Gasteiger partial charge < -0.3 is 4.52 Å². The predicted molar refractivity (Wildman–Crippen MR) is 62.8 cm³/mol. The zero-order chi connectivity index (χ0) is 11.7. The van der Waals surface area contributed by atoms with Crippen molar-refractivity contribution >= 4 is 0 Å². The Labute approximate surface area is 93.3 Å². The van der Waals surface area contributed by atoms with Gasteiger partial charge in [-0.15, -0.1) is 0 Å². The van der Waals surface area contributed by atoms with Gasteiger partial charge in [0.1, 0.15) is 0 Å². The SMILES string of the molecule is CC.CC.CCc1nc(CC2CC2)no1. The smallest absolute Gasteiger partial charge is 0.226 e. The molecule has 1 fully saturated rings. The second kappa shape index (κ2) is 8.45. The van der Waals surface area contributed by atoms with Crippen molar-refractivity contribution in [1.82, 2.24) is 10.1 Å². The fourth-order valence-corrected chi connectivity index (χ4v) is 1.10. The molecular formula is C12H24N2O. The fourth-order valence-electron chi connectivity index (χ4n) is 1.10. The average molecular weight is 212 g/mol. The standard InChI is InChI=1S/C8H12N2O.2C2H6/c1-2-8-9-7(10-11-8)5-6-3-4-6;2*1-2/h6H,2-5H2,1H3;2*1-2H3. The Kier molecular flexibility index (Phi) is 7.96. The summed E-state index contributed by atoms with van der Waals surface area (Å²) in [6.45, 7) is 10.0. The minimum atomic E-state index is 0.764.